The number of nitrogens with zero attached hydrogens (tertiary/aromatic N) is 1. The Kier molecular flexibility index (Phi) is 4.97. The van der Waals surface area contributed by atoms with Crippen LogP contribution in [0.3, 0.4) is 0 Å². The van der Waals surface area contributed by atoms with Crippen LogP contribution in [0, 0.1) is 11.3 Å². The molecule has 1 aromatic rings. The fraction of sp³-hybridized carbons (Fsp3) is 0.385. The number of amides is 1. The molecule has 0 heterocycles. The van der Waals surface area contributed by atoms with Crippen LogP contribution in [0.25, 0.3) is 0 Å². The topological polar surface area (TPSA) is 76.1 Å². The molecule has 0 bridgehead atoms. The summed E-state index contributed by atoms with van der Waals surface area (Å²) in [6.07, 6.45) is -4.77. The van der Waals surface area contributed by atoms with Crippen molar-refractivity contribution in [3.8, 4) is 11.8 Å². The van der Waals surface area contributed by atoms with Gasteiger partial charge in [-0.25, -0.2) is 0 Å². The number of benzene rings is 1. The lowest BCUT2D eigenvalue weighted by Gasteiger charge is -2.17. The van der Waals surface area contributed by atoms with Gasteiger partial charge in [-0.1, -0.05) is 13.3 Å². The maximum atomic E-state index is 12.8. The number of primary amides is 1. The summed E-state index contributed by atoms with van der Waals surface area (Å²) in [4.78, 5) is 11.1. The lowest BCUT2D eigenvalue weighted by Crippen LogP contribution is -2.33. The number of alkyl halides is 3. The summed E-state index contributed by atoms with van der Waals surface area (Å²) >= 11 is 0. The normalized spacial score (nSPS) is 12.6. The molecule has 2 N–H and O–H groups in total. The first kappa shape index (κ1) is 15.8. The number of ether oxygens (including phenoxy) is 1. The number of hydrogen-bond acceptors (Lipinski definition) is 3. The predicted molar refractivity (Wildman–Crippen MR) is 64.7 cm³/mol. The lowest BCUT2D eigenvalue weighted by molar-refractivity contribution is -0.137. The van der Waals surface area contributed by atoms with Crippen LogP contribution in [-0.4, -0.2) is 12.0 Å². The van der Waals surface area contributed by atoms with E-state index < -0.39 is 29.3 Å². The van der Waals surface area contributed by atoms with Crippen molar-refractivity contribution >= 4 is 5.91 Å². The van der Waals surface area contributed by atoms with Gasteiger partial charge in [-0.3, -0.25) is 4.79 Å². The molecule has 0 aliphatic heterocycles. The maximum Gasteiger partial charge on any atom is 0.417 e. The van der Waals surface area contributed by atoms with Crippen molar-refractivity contribution in [3.63, 3.8) is 0 Å². The average molecular weight is 286 g/mol. The molecular formula is C13H13F3N2O2. The zero-order valence-electron chi connectivity index (χ0n) is 10.7. The van der Waals surface area contributed by atoms with Gasteiger partial charge in [-0.2, -0.15) is 18.4 Å². The highest BCUT2D eigenvalue weighted by Gasteiger charge is 2.34. The summed E-state index contributed by atoms with van der Waals surface area (Å²) in [7, 11) is 0. The van der Waals surface area contributed by atoms with E-state index >= 15 is 0 Å². The third-order valence-corrected chi connectivity index (χ3v) is 2.56. The first-order valence-corrected chi connectivity index (χ1v) is 5.87. The molecule has 0 spiro atoms. The SMILES string of the molecule is CCCC(Oc1ccc(C#N)c(C(F)(F)F)c1)C(N)=O. The second-order valence-corrected chi connectivity index (χ2v) is 4.11. The van der Waals surface area contributed by atoms with Gasteiger partial charge < -0.3 is 10.5 Å². The highest BCUT2D eigenvalue weighted by molar-refractivity contribution is 5.79. The van der Waals surface area contributed by atoms with E-state index in [1.807, 2.05) is 0 Å². The number of carbonyl (C=O) groups is 1. The van der Waals surface area contributed by atoms with Gasteiger partial charge in [0, 0.05) is 0 Å². The second kappa shape index (κ2) is 6.28. The van der Waals surface area contributed by atoms with Crippen molar-refractivity contribution < 1.29 is 22.7 Å². The molecule has 0 aromatic heterocycles. The fourth-order valence-electron chi connectivity index (χ4n) is 1.61. The van der Waals surface area contributed by atoms with Crippen LogP contribution in [0.1, 0.15) is 30.9 Å². The van der Waals surface area contributed by atoms with Crippen LogP contribution in [-0.2, 0) is 11.0 Å². The quantitative estimate of drug-likeness (QED) is 0.903. The van der Waals surface area contributed by atoms with Gasteiger partial charge in [0.1, 0.15) is 5.75 Å². The van der Waals surface area contributed by atoms with Crippen LogP contribution in [0.15, 0.2) is 18.2 Å². The zero-order valence-corrected chi connectivity index (χ0v) is 10.7. The Morgan fingerprint density at radius 1 is 1.50 bits per heavy atom. The van der Waals surface area contributed by atoms with E-state index in [0.717, 1.165) is 6.07 Å². The van der Waals surface area contributed by atoms with E-state index in [9.17, 15) is 18.0 Å². The third kappa shape index (κ3) is 3.88. The lowest BCUT2D eigenvalue weighted by atomic mass is 10.1. The fourth-order valence-corrected chi connectivity index (χ4v) is 1.61. The summed E-state index contributed by atoms with van der Waals surface area (Å²) in [6.45, 7) is 1.79. The van der Waals surface area contributed by atoms with Crippen LogP contribution >= 0.6 is 0 Å². The molecule has 0 saturated carbocycles. The van der Waals surface area contributed by atoms with Crippen molar-refractivity contribution in [1.82, 2.24) is 0 Å². The van der Waals surface area contributed by atoms with Crippen molar-refractivity contribution in [2.45, 2.75) is 32.0 Å². The first-order chi connectivity index (χ1) is 9.29. The van der Waals surface area contributed by atoms with Crippen LogP contribution in [0.4, 0.5) is 13.2 Å². The first-order valence-electron chi connectivity index (χ1n) is 5.87. The van der Waals surface area contributed by atoms with E-state index in [4.69, 9.17) is 15.7 Å². The van der Waals surface area contributed by atoms with Gasteiger partial charge in [0.05, 0.1) is 17.2 Å². The van der Waals surface area contributed by atoms with Crippen LogP contribution < -0.4 is 10.5 Å². The smallest absolute Gasteiger partial charge is 0.417 e. The molecule has 1 aromatic carbocycles. The Balaban J connectivity index is 3.09. The minimum atomic E-state index is -4.67. The Morgan fingerprint density at radius 2 is 2.15 bits per heavy atom. The van der Waals surface area contributed by atoms with E-state index in [2.05, 4.69) is 0 Å². The summed E-state index contributed by atoms with van der Waals surface area (Å²) in [5, 5.41) is 8.66. The van der Waals surface area contributed by atoms with Gasteiger partial charge in [0.15, 0.2) is 6.10 Å². The van der Waals surface area contributed by atoms with E-state index in [1.54, 1.807) is 6.92 Å². The molecule has 0 aliphatic rings. The number of rotatable bonds is 5. The Morgan fingerprint density at radius 3 is 2.60 bits per heavy atom. The molecule has 1 rings (SSSR count). The number of nitrogens with two attached hydrogens (primary N) is 1. The molecule has 0 fully saturated rings. The summed E-state index contributed by atoms with van der Waals surface area (Å²) in [5.41, 5.74) is 3.51. The molecule has 0 aliphatic carbocycles. The number of nitriles is 1. The zero-order chi connectivity index (χ0) is 15.3. The van der Waals surface area contributed by atoms with Crippen molar-refractivity contribution in [2.24, 2.45) is 5.73 Å². The highest BCUT2D eigenvalue weighted by Crippen LogP contribution is 2.34. The van der Waals surface area contributed by atoms with Crippen molar-refractivity contribution in [2.75, 3.05) is 0 Å². The van der Waals surface area contributed by atoms with E-state index in [1.165, 1.54) is 12.1 Å². The molecule has 1 atom stereocenters. The highest BCUT2D eigenvalue weighted by atomic mass is 19.4. The van der Waals surface area contributed by atoms with E-state index in [0.29, 0.717) is 18.9 Å². The molecular weight excluding hydrogens is 273 g/mol. The summed E-state index contributed by atoms with van der Waals surface area (Å²) in [6, 6.07) is 4.37. The minimum absolute atomic E-state index is 0.145. The molecule has 1 amide bonds. The largest absolute Gasteiger partial charge is 0.481 e. The number of halogens is 3. The summed E-state index contributed by atoms with van der Waals surface area (Å²) in [5.74, 6) is -0.890. The number of hydrogen-bond donors (Lipinski definition) is 1. The molecule has 1 unspecified atom stereocenters. The van der Waals surface area contributed by atoms with Gasteiger partial charge in [0.25, 0.3) is 5.91 Å². The van der Waals surface area contributed by atoms with Gasteiger partial charge >= 0.3 is 6.18 Å². The summed E-state index contributed by atoms with van der Waals surface area (Å²) < 4.78 is 43.5. The third-order valence-electron chi connectivity index (χ3n) is 2.56. The van der Waals surface area contributed by atoms with Crippen molar-refractivity contribution in [3.05, 3.63) is 29.3 Å². The van der Waals surface area contributed by atoms with E-state index in [-0.39, 0.29) is 5.75 Å². The van der Waals surface area contributed by atoms with Crippen LogP contribution in [0.5, 0.6) is 5.75 Å². The Hall–Kier alpha value is -2.23. The molecule has 108 valence electrons. The Labute approximate surface area is 113 Å². The second-order valence-electron chi connectivity index (χ2n) is 4.11. The molecule has 0 saturated heterocycles. The van der Waals surface area contributed by atoms with Gasteiger partial charge in [-0.15, -0.1) is 0 Å². The average Bonchev–Trinajstić information content (AvgIpc) is 2.37. The predicted octanol–water partition coefficient (Wildman–Crippen LogP) is 2.61. The minimum Gasteiger partial charge on any atom is -0.481 e. The van der Waals surface area contributed by atoms with Crippen LogP contribution in [0.2, 0.25) is 0 Å². The van der Waals surface area contributed by atoms with Gasteiger partial charge in [-0.05, 0) is 24.6 Å². The standard InChI is InChI=1S/C13H13F3N2O2/c1-2-3-11(12(18)19)20-9-5-4-8(7-17)10(6-9)13(14,15)16/h4-6,11H,2-3H2,1H3,(H2,18,19). The van der Waals surface area contributed by atoms with Crippen molar-refractivity contribution in [1.29, 1.82) is 5.26 Å². The number of carbonyl (C=O) groups excluding carboxylic acids is 1. The monoisotopic (exact) mass is 286 g/mol. The molecule has 4 nitrogen and oxygen atoms in total. The Bertz CT molecular complexity index is 535. The van der Waals surface area contributed by atoms with Gasteiger partial charge in [0.2, 0.25) is 0 Å². The molecule has 20 heavy (non-hydrogen) atoms. The molecule has 7 heteroatoms. The maximum absolute atomic E-state index is 12.8. The molecule has 0 radical (unpaired) electrons.